The molecule has 0 saturated heterocycles. The molecule has 0 aromatic carbocycles. The summed E-state index contributed by atoms with van der Waals surface area (Å²) in [5.74, 6) is 1.59. The second-order valence-corrected chi connectivity index (χ2v) is 5.68. The number of aromatic amines is 1. The zero-order valence-electron chi connectivity index (χ0n) is 14.3. The molecule has 0 unspecified atom stereocenters. The minimum absolute atomic E-state index is 0.318. The van der Waals surface area contributed by atoms with Crippen LogP contribution in [0, 0.1) is 32.1 Å². The quantitative estimate of drug-likeness (QED) is 0.571. The zero-order valence-corrected chi connectivity index (χ0v) is 14.3. The van der Waals surface area contributed by atoms with E-state index in [0.717, 1.165) is 5.82 Å². The normalized spacial score (nSPS) is 11.5. The van der Waals surface area contributed by atoms with Crippen molar-refractivity contribution in [2.75, 3.05) is 0 Å². The Labute approximate surface area is 147 Å². The van der Waals surface area contributed by atoms with Gasteiger partial charge in [0.05, 0.1) is 11.4 Å². The van der Waals surface area contributed by atoms with Crippen LogP contribution >= 0.6 is 0 Å². The van der Waals surface area contributed by atoms with Gasteiger partial charge in [-0.1, -0.05) is 6.07 Å². The van der Waals surface area contributed by atoms with Gasteiger partial charge < -0.3 is 4.98 Å². The summed E-state index contributed by atoms with van der Waals surface area (Å²) in [5, 5.41) is 31.0. The first kappa shape index (κ1) is 15.6. The maximum absolute atomic E-state index is 9.49. The number of azo groups is 1. The SMILES string of the molecule is Cc1nn2nc(C)c(/N=N/c3c(C#N)c(C)nn3-c3ccccn3)c2[nH]1. The largest absolute Gasteiger partial charge is 0.324 e. The van der Waals surface area contributed by atoms with Crippen LogP contribution in [0.2, 0.25) is 0 Å². The highest BCUT2D eigenvalue weighted by molar-refractivity contribution is 5.66. The fourth-order valence-electron chi connectivity index (χ4n) is 2.62. The number of pyridine rings is 1. The van der Waals surface area contributed by atoms with E-state index in [-0.39, 0.29) is 0 Å². The molecule has 0 atom stereocenters. The summed E-state index contributed by atoms with van der Waals surface area (Å²) in [7, 11) is 0. The molecule has 4 heterocycles. The number of H-pyrrole nitrogens is 1. The summed E-state index contributed by atoms with van der Waals surface area (Å²) < 4.78 is 2.98. The summed E-state index contributed by atoms with van der Waals surface area (Å²) in [6.07, 6.45) is 1.65. The van der Waals surface area contributed by atoms with Crippen LogP contribution in [-0.4, -0.2) is 34.6 Å². The molecule has 0 aliphatic heterocycles. The third-order valence-corrected chi connectivity index (χ3v) is 3.81. The Bertz CT molecular complexity index is 1170. The average Bonchev–Trinajstić information content (AvgIpc) is 3.23. The van der Waals surface area contributed by atoms with Gasteiger partial charge in [0.1, 0.15) is 17.5 Å². The standard InChI is InChI=1S/C16H14N10/c1-9-12(8-17)15(25(22-9)13-6-4-5-7-18-13)21-20-14-10(2)23-26-16(14)19-11(3)24-26/h4-7H,1-3H3,(H,19,24)/b21-20+. The summed E-state index contributed by atoms with van der Waals surface area (Å²) in [6.45, 7) is 5.40. The molecule has 0 amide bonds. The lowest BCUT2D eigenvalue weighted by atomic mass is 10.3. The molecule has 0 fully saturated rings. The highest BCUT2D eigenvalue weighted by Crippen LogP contribution is 2.29. The topological polar surface area (TPSA) is 125 Å². The lowest BCUT2D eigenvalue weighted by Gasteiger charge is -2.01. The van der Waals surface area contributed by atoms with Gasteiger partial charge in [0.2, 0.25) is 0 Å². The Morgan fingerprint density at radius 2 is 1.92 bits per heavy atom. The number of hydrogen-bond acceptors (Lipinski definition) is 7. The van der Waals surface area contributed by atoms with E-state index in [4.69, 9.17) is 0 Å². The molecule has 26 heavy (non-hydrogen) atoms. The molecule has 0 radical (unpaired) electrons. The fourth-order valence-corrected chi connectivity index (χ4v) is 2.62. The summed E-state index contributed by atoms with van der Waals surface area (Å²) >= 11 is 0. The van der Waals surface area contributed by atoms with Gasteiger partial charge in [-0.3, -0.25) is 0 Å². The molecule has 10 nitrogen and oxygen atoms in total. The number of nitriles is 1. The molecule has 128 valence electrons. The van der Waals surface area contributed by atoms with Crippen molar-refractivity contribution in [3.05, 3.63) is 47.2 Å². The van der Waals surface area contributed by atoms with Crippen LogP contribution in [-0.2, 0) is 0 Å². The van der Waals surface area contributed by atoms with Gasteiger partial charge >= 0.3 is 0 Å². The van der Waals surface area contributed by atoms with E-state index in [0.29, 0.717) is 39.9 Å². The second-order valence-electron chi connectivity index (χ2n) is 5.68. The Morgan fingerprint density at radius 3 is 2.65 bits per heavy atom. The first-order valence-corrected chi connectivity index (χ1v) is 7.83. The van der Waals surface area contributed by atoms with Crippen molar-refractivity contribution in [1.82, 2.24) is 34.6 Å². The highest BCUT2D eigenvalue weighted by Gasteiger charge is 2.18. The molecule has 4 aromatic heterocycles. The third-order valence-electron chi connectivity index (χ3n) is 3.81. The van der Waals surface area contributed by atoms with E-state index in [1.807, 2.05) is 19.9 Å². The molecule has 0 bridgehead atoms. The van der Waals surface area contributed by atoms with E-state index in [1.54, 1.807) is 25.3 Å². The number of fused-ring (bicyclic) bond motifs is 1. The van der Waals surface area contributed by atoms with E-state index in [2.05, 4.69) is 41.6 Å². The van der Waals surface area contributed by atoms with Crippen LogP contribution in [0.25, 0.3) is 11.5 Å². The van der Waals surface area contributed by atoms with Gasteiger partial charge in [-0.25, -0.2) is 4.98 Å². The van der Waals surface area contributed by atoms with Crippen LogP contribution < -0.4 is 0 Å². The van der Waals surface area contributed by atoms with Crippen molar-refractivity contribution in [2.24, 2.45) is 10.2 Å². The Hall–Kier alpha value is -3.87. The number of nitrogens with one attached hydrogen (secondary N) is 1. The number of hydrogen-bond donors (Lipinski definition) is 1. The van der Waals surface area contributed by atoms with Crippen molar-refractivity contribution in [3.63, 3.8) is 0 Å². The fraction of sp³-hybridized carbons (Fsp3) is 0.188. The number of aryl methyl sites for hydroxylation is 3. The van der Waals surface area contributed by atoms with Gasteiger partial charge in [0.15, 0.2) is 23.0 Å². The molecule has 10 heteroatoms. The molecule has 0 aliphatic carbocycles. The molecule has 1 N–H and O–H groups in total. The van der Waals surface area contributed by atoms with Crippen LogP contribution in [0.1, 0.15) is 22.8 Å². The molecule has 0 aliphatic rings. The first-order valence-electron chi connectivity index (χ1n) is 7.83. The Balaban J connectivity index is 1.86. The number of aromatic nitrogens is 7. The van der Waals surface area contributed by atoms with E-state index in [1.165, 1.54) is 9.31 Å². The van der Waals surface area contributed by atoms with Crippen LogP contribution in [0.15, 0.2) is 34.6 Å². The number of rotatable bonds is 3. The molecule has 4 rings (SSSR count). The maximum Gasteiger partial charge on any atom is 0.197 e. The molecular formula is C16H14N10. The minimum Gasteiger partial charge on any atom is -0.324 e. The van der Waals surface area contributed by atoms with Crippen molar-refractivity contribution in [3.8, 4) is 11.9 Å². The third kappa shape index (κ3) is 2.42. The molecular weight excluding hydrogens is 332 g/mol. The van der Waals surface area contributed by atoms with E-state index >= 15 is 0 Å². The predicted octanol–water partition coefficient (Wildman–Crippen LogP) is 2.85. The van der Waals surface area contributed by atoms with Gasteiger partial charge in [-0.2, -0.15) is 20.1 Å². The Morgan fingerprint density at radius 1 is 1.08 bits per heavy atom. The maximum atomic E-state index is 9.49. The predicted molar refractivity (Wildman–Crippen MR) is 91.8 cm³/mol. The summed E-state index contributed by atoms with van der Waals surface area (Å²) in [4.78, 5) is 7.37. The monoisotopic (exact) mass is 346 g/mol. The van der Waals surface area contributed by atoms with Crippen molar-refractivity contribution < 1.29 is 0 Å². The van der Waals surface area contributed by atoms with Gasteiger partial charge in [-0.15, -0.1) is 20.0 Å². The molecule has 4 aromatic rings. The molecule has 0 saturated carbocycles. The van der Waals surface area contributed by atoms with Crippen molar-refractivity contribution >= 4 is 17.2 Å². The lowest BCUT2D eigenvalue weighted by molar-refractivity contribution is 0.793. The van der Waals surface area contributed by atoms with Gasteiger partial charge in [0, 0.05) is 6.20 Å². The second kappa shape index (κ2) is 5.89. The smallest absolute Gasteiger partial charge is 0.197 e. The number of nitrogens with zero attached hydrogens (tertiary/aromatic N) is 9. The van der Waals surface area contributed by atoms with Crippen LogP contribution in [0.3, 0.4) is 0 Å². The van der Waals surface area contributed by atoms with E-state index < -0.39 is 0 Å². The lowest BCUT2D eigenvalue weighted by Crippen LogP contribution is -1.98. The summed E-state index contributed by atoms with van der Waals surface area (Å²) in [6, 6.07) is 7.56. The highest BCUT2D eigenvalue weighted by atomic mass is 15.5. The van der Waals surface area contributed by atoms with Crippen molar-refractivity contribution in [2.45, 2.75) is 20.8 Å². The van der Waals surface area contributed by atoms with Crippen LogP contribution in [0.5, 0.6) is 0 Å². The first-order chi connectivity index (χ1) is 12.6. The van der Waals surface area contributed by atoms with Gasteiger partial charge in [-0.05, 0) is 32.9 Å². The zero-order chi connectivity index (χ0) is 18.3. The minimum atomic E-state index is 0.318. The van der Waals surface area contributed by atoms with E-state index in [9.17, 15) is 5.26 Å². The average molecular weight is 346 g/mol. The van der Waals surface area contributed by atoms with Crippen molar-refractivity contribution in [1.29, 1.82) is 5.26 Å². The van der Waals surface area contributed by atoms with Crippen LogP contribution in [0.4, 0.5) is 11.5 Å². The summed E-state index contributed by atoms with van der Waals surface area (Å²) in [5.41, 5.74) is 2.78. The Kier molecular flexibility index (Phi) is 3.54. The molecule has 0 spiro atoms. The van der Waals surface area contributed by atoms with Gasteiger partial charge in [0.25, 0.3) is 0 Å².